The highest BCUT2D eigenvalue weighted by atomic mass is 16.5. The van der Waals surface area contributed by atoms with Crippen molar-refractivity contribution in [3.05, 3.63) is 0 Å². The third-order valence-corrected chi connectivity index (χ3v) is 6.27. The Balaban J connectivity index is 3.77. The second kappa shape index (κ2) is 22.2. The van der Waals surface area contributed by atoms with Crippen LogP contribution in [0.1, 0.15) is 150 Å². The Morgan fingerprint density at radius 1 is 0.586 bits per heavy atom. The van der Waals surface area contributed by atoms with E-state index in [1.807, 2.05) is 0 Å². The molecule has 29 heavy (non-hydrogen) atoms. The van der Waals surface area contributed by atoms with Crippen LogP contribution >= 0.6 is 0 Å². The van der Waals surface area contributed by atoms with Crippen LogP contribution in [0.4, 0.5) is 0 Å². The standard InChI is InChI=1S/C27H54O2/c1-5-8-10-12-14-16-17-19-22-25(4)27(28)29-24-26(21-7-3)23-20-18-15-13-11-9-6-2/h25-26H,5-24H2,1-4H3. The maximum Gasteiger partial charge on any atom is 0.308 e. The van der Waals surface area contributed by atoms with Crippen LogP contribution in [0.3, 0.4) is 0 Å². The van der Waals surface area contributed by atoms with Crippen molar-refractivity contribution in [2.75, 3.05) is 6.61 Å². The van der Waals surface area contributed by atoms with Crippen LogP contribution in [-0.2, 0) is 9.53 Å². The number of unbranched alkanes of at least 4 members (excludes halogenated alkanes) is 13. The predicted octanol–water partition coefficient (Wildman–Crippen LogP) is 9.25. The van der Waals surface area contributed by atoms with Crippen molar-refractivity contribution in [1.82, 2.24) is 0 Å². The molecule has 0 rings (SSSR count). The van der Waals surface area contributed by atoms with Gasteiger partial charge in [0.1, 0.15) is 0 Å². The normalized spacial score (nSPS) is 13.4. The topological polar surface area (TPSA) is 26.3 Å². The van der Waals surface area contributed by atoms with Gasteiger partial charge in [0.05, 0.1) is 12.5 Å². The number of ether oxygens (including phenoxy) is 1. The maximum atomic E-state index is 12.3. The van der Waals surface area contributed by atoms with Gasteiger partial charge < -0.3 is 4.74 Å². The van der Waals surface area contributed by atoms with Gasteiger partial charge in [0.2, 0.25) is 0 Å². The molecule has 2 unspecified atom stereocenters. The number of carbonyl (C=O) groups excluding carboxylic acids is 1. The zero-order valence-electron chi connectivity index (χ0n) is 20.6. The van der Waals surface area contributed by atoms with E-state index in [1.54, 1.807) is 0 Å². The number of hydrogen-bond donors (Lipinski definition) is 0. The van der Waals surface area contributed by atoms with Gasteiger partial charge in [-0.05, 0) is 25.2 Å². The number of hydrogen-bond acceptors (Lipinski definition) is 2. The summed E-state index contributed by atoms with van der Waals surface area (Å²) in [5, 5.41) is 0. The highest BCUT2D eigenvalue weighted by molar-refractivity contribution is 5.71. The molecule has 0 aromatic carbocycles. The van der Waals surface area contributed by atoms with Crippen molar-refractivity contribution >= 4 is 5.97 Å². The molecule has 0 bridgehead atoms. The van der Waals surface area contributed by atoms with Crippen LogP contribution in [0.25, 0.3) is 0 Å². The fraction of sp³-hybridized carbons (Fsp3) is 0.963. The Kier molecular flexibility index (Phi) is 21.8. The molecule has 0 spiro atoms. The molecule has 0 saturated heterocycles. The lowest BCUT2D eigenvalue weighted by Gasteiger charge is -2.18. The monoisotopic (exact) mass is 410 g/mol. The van der Waals surface area contributed by atoms with Crippen LogP contribution < -0.4 is 0 Å². The van der Waals surface area contributed by atoms with E-state index in [2.05, 4.69) is 27.7 Å². The summed E-state index contributed by atoms with van der Waals surface area (Å²) in [6.45, 7) is 9.47. The highest BCUT2D eigenvalue weighted by Crippen LogP contribution is 2.19. The Hall–Kier alpha value is -0.530. The third kappa shape index (κ3) is 19.2. The predicted molar refractivity (Wildman–Crippen MR) is 128 cm³/mol. The van der Waals surface area contributed by atoms with Crippen LogP contribution in [0.2, 0.25) is 0 Å². The molecule has 0 aromatic rings. The van der Waals surface area contributed by atoms with E-state index >= 15 is 0 Å². The molecule has 174 valence electrons. The Morgan fingerprint density at radius 3 is 1.52 bits per heavy atom. The molecule has 0 heterocycles. The Labute approximate surface area is 184 Å². The third-order valence-electron chi connectivity index (χ3n) is 6.27. The lowest BCUT2D eigenvalue weighted by atomic mass is 9.96. The number of esters is 1. The van der Waals surface area contributed by atoms with Crippen molar-refractivity contribution in [3.8, 4) is 0 Å². The summed E-state index contributed by atoms with van der Waals surface area (Å²) in [7, 11) is 0. The van der Waals surface area contributed by atoms with Crippen molar-refractivity contribution < 1.29 is 9.53 Å². The second-order valence-corrected chi connectivity index (χ2v) is 9.36. The number of carbonyl (C=O) groups is 1. The molecule has 0 aliphatic rings. The van der Waals surface area contributed by atoms with E-state index in [9.17, 15) is 4.79 Å². The van der Waals surface area contributed by atoms with E-state index in [1.165, 1.54) is 116 Å². The zero-order chi connectivity index (χ0) is 21.6. The molecular weight excluding hydrogens is 356 g/mol. The largest absolute Gasteiger partial charge is 0.465 e. The lowest BCUT2D eigenvalue weighted by Crippen LogP contribution is -2.19. The Morgan fingerprint density at radius 2 is 1.03 bits per heavy atom. The van der Waals surface area contributed by atoms with Gasteiger partial charge in [0, 0.05) is 0 Å². The first kappa shape index (κ1) is 28.5. The fourth-order valence-electron chi connectivity index (χ4n) is 4.15. The van der Waals surface area contributed by atoms with Crippen LogP contribution in [0.15, 0.2) is 0 Å². The number of rotatable bonds is 22. The van der Waals surface area contributed by atoms with Gasteiger partial charge in [-0.2, -0.15) is 0 Å². The molecule has 0 saturated carbocycles. The summed E-state index contributed by atoms with van der Waals surface area (Å²) >= 11 is 0. The van der Waals surface area contributed by atoms with Crippen molar-refractivity contribution in [2.45, 2.75) is 150 Å². The van der Waals surface area contributed by atoms with E-state index in [0.29, 0.717) is 12.5 Å². The first-order valence-corrected chi connectivity index (χ1v) is 13.3. The average Bonchev–Trinajstić information content (AvgIpc) is 2.72. The maximum absolute atomic E-state index is 12.3. The molecule has 2 atom stereocenters. The summed E-state index contributed by atoms with van der Waals surface area (Å²) in [6, 6.07) is 0. The van der Waals surface area contributed by atoms with Crippen LogP contribution in [0, 0.1) is 11.8 Å². The minimum absolute atomic E-state index is 0.0358. The average molecular weight is 411 g/mol. The van der Waals surface area contributed by atoms with Crippen molar-refractivity contribution in [1.29, 1.82) is 0 Å². The van der Waals surface area contributed by atoms with E-state index in [-0.39, 0.29) is 11.9 Å². The quantitative estimate of drug-likeness (QED) is 0.131. The van der Waals surface area contributed by atoms with Crippen LogP contribution in [-0.4, -0.2) is 12.6 Å². The fourth-order valence-corrected chi connectivity index (χ4v) is 4.15. The minimum atomic E-state index is 0.0358. The lowest BCUT2D eigenvalue weighted by molar-refractivity contribution is -0.149. The van der Waals surface area contributed by atoms with Gasteiger partial charge in [-0.1, -0.05) is 130 Å². The van der Waals surface area contributed by atoms with E-state index in [0.717, 1.165) is 6.42 Å². The molecule has 0 amide bonds. The second-order valence-electron chi connectivity index (χ2n) is 9.36. The van der Waals surface area contributed by atoms with Gasteiger partial charge in [0.25, 0.3) is 0 Å². The molecule has 0 aromatic heterocycles. The minimum Gasteiger partial charge on any atom is -0.465 e. The zero-order valence-corrected chi connectivity index (χ0v) is 20.6. The molecule has 0 fully saturated rings. The first-order valence-electron chi connectivity index (χ1n) is 13.3. The summed E-state index contributed by atoms with van der Waals surface area (Å²) in [5.41, 5.74) is 0. The molecule has 2 nitrogen and oxygen atoms in total. The summed E-state index contributed by atoms with van der Waals surface area (Å²) in [5.74, 6) is 0.666. The molecule has 0 aliphatic carbocycles. The molecule has 0 aliphatic heterocycles. The van der Waals surface area contributed by atoms with Gasteiger partial charge in [-0.15, -0.1) is 0 Å². The summed E-state index contributed by atoms with van der Waals surface area (Å²) < 4.78 is 5.71. The first-order chi connectivity index (χ1) is 14.2. The highest BCUT2D eigenvalue weighted by Gasteiger charge is 2.16. The Bertz CT molecular complexity index is 339. The SMILES string of the molecule is CCCCCCCCCCC(C)C(=O)OCC(CCC)CCCCCCCCC. The van der Waals surface area contributed by atoms with E-state index in [4.69, 9.17) is 4.74 Å². The molecule has 2 heteroatoms. The summed E-state index contributed by atoms with van der Waals surface area (Å²) in [4.78, 5) is 12.3. The molecular formula is C27H54O2. The van der Waals surface area contributed by atoms with Gasteiger partial charge in [-0.3, -0.25) is 4.79 Å². The summed E-state index contributed by atoms with van der Waals surface area (Å²) in [6.07, 6.45) is 24.6. The van der Waals surface area contributed by atoms with Gasteiger partial charge in [0.15, 0.2) is 0 Å². The van der Waals surface area contributed by atoms with Crippen LogP contribution in [0.5, 0.6) is 0 Å². The molecule has 0 radical (unpaired) electrons. The van der Waals surface area contributed by atoms with E-state index < -0.39 is 0 Å². The van der Waals surface area contributed by atoms with Gasteiger partial charge in [-0.25, -0.2) is 0 Å². The molecule has 0 N–H and O–H groups in total. The van der Waals surface area contributed by atoms with Crippen molar-refractivity contribution in [3.63, 3.8) is 0 Å². The van der Waals surface area contributed by atoms with Crippen molar-refractivity contribution in [2.24, 2.45) is 11.8 Å². The van der Waals surface area contributed by atoms with Gasteiger partial charge >= 0.3 is 5.97 Å². The smallest absolute Gasteiger partial charge is 0.308 e.